The Morgan fingerprint density at radius 1 is 1.40 bits per heavy atom. The SMILES string of the molecule is CCOC(=O)CCCCc1n[nH]c(=O)c2cccnc12. The molecular weight excluding hydrogens is 258 g/mol. The zero-order valence-electron chi connectivity index (χ0n) is 11.4. The van der Waals surface area contributed by atoms with Gasteiger partial charge in [-0.3, -0.25) is 14.6 Å². The topological polar surface area (TPSA) is 84.9 Å². The molecule has 1 N–H and O–H groups in total. The van der Waals surface area contributed by atoms with Crippen LogP contribution in [0.2, 0.25) is 0 Å². The number of carbonyl (C=O) groups is 1. The molecule has 0 aliphatic rings. The van der Waals surface area contributed by atoms with Crippen LogP contribution in [-0.2, 0) is 16.0 Å². The molecule has 20 heavy (non-hydrogen) atoms. The van der Waals surface area contributed by atoms with Crippen molar-refractivity contribution in [1.29, 1.82) is 0 Å². The summed E-state index contributed by atoms with van der Waals surface area (Å²) in [5.74, 6) is -0.176. The van der Waals surface area contributed by atoms with Gasteiger partial charge in [0.15, 0.2) is 0 Å². The second-order valence-electron chi connectivity index (χ2n) is 4.41. The fraction of sp³-hybridized carbons (Fsp3) is 0.429. The van der Waals surface area contributed by atoms with Gasteiger partial charge in [-0.1, -0.05) is 0 Å². The van der Waals surface area contributed by atoms with E-state index < -0.39 is 0 Å². The molecule has 0 aliphatic heterocycles. The van der Waals surface area contributed by atoms with Gasteiger partial charge in [-0.25, -0.2) is 5.10 Å². The van der Waals surface area contributed by atoms with E-state index in [1.807, 2.05) is 0 Å². The summed E-state index contributed by atoms with van der Waals surface area (Å²) in [6.45, 7) is 2.20. The minimum Gasteiger partial charge on any atom is -0.466 e. The van der Waals surface area contributed by atoms with Crippen molar-refractivity contribution in [1.82, 2.24) is 15.2 Å². The number of fused-ring (bicyclic) bond motifs is 1. The average molecular weight is 275 g/mol. The van der Waals surface area contributed by atoms with Gasteiger partial charge < -0.3 is 4.74 Å². The summed E-state index contributed by atoms with van der Waals surface area (Å²) in [6.07, 6.45) is 4.25. The van der Waals surface area contributed by atoms with Gasteiger partial charge in [0, 0.05) is 12.6 Å². The van der Waals surface area contributed by atoms with Crippen molar-refractivity contribution in [3.63, 3.8) is 0 Å². The molecule has 0 amide bonds. The van der Waals surface area contributed by atoms with Crippen molar-refractivity contribution in [2.24, 2.45) is 0 Å². The number of nitrogens with zero attached hydrogens (tertiary/aromatic N) is 2. The molecule has 0 radical (unpaired) electrons. The largest absolute Gasteiger partial charge is 0.466 e. The third kappa shape index (κ3) is 3.40. The minimum atomic E-state index is -0.233. The van der Waals surface area contributed by atoms with E-state index in [0.29, 0.717) is 30.4 Å². The van der Waals surface area contributed by atoms with Gasteiger partial charge in [-0.05, 0) is 38.3 Å². The van der Waals surface area contributed by atoms with E-state index in [0.717, 1.165) is 18.5 Å². The smallest absolute Gasteiger partial charge is 0.305 e. The maximum Gasteiger partial charge on any atom is 0.305 e. The maximum atomic E-state index is 11.6. The van der Waals surface area contributed by atoms with Crippen molar-refractivity contribution in [2.45, 2.75) is 32.6 Å². The number of aryl methyl sites for hydroxylation is 1. The number of esters is 1. The van der Waals surface area contributed by atoms with Gasteiger partial charge in [0.2, 0.25) is 0 Å². The van der Waals surface area contributed by atoms with Crippen LogP contribution in [0, 0.1) is 0 Å². The van der Waals surface area contributed by atoms with Gasteiger partial charge in [0.1, 0.15) is 0 Å². The molecular formula is C14H17N3O3. The second kappa shape index (κ2) is 6.79. The molecule has 0 saturated carbocycles. The number of rotatable bonds is 6. The predicted molar refractivity (Wildman–Crippen MR) is 74.3 cm³/mol. The van der Waals surface area contributed by atoms with E-state index in [4.69, 9.17) is 4.74 Å². The molecule has 0 fully saturated rings. The number of aromatic nitrogens is 3. The number of hydrogen-bond acceptors (Lipinski definition) is 5. The zero-order valence-corrected chi connectivity index (χ0v) is 11.4. The van der Waals surface area contributed by atoms with E-state index >= 15 is 0 Å². The van der Waals surface area contributed by atoms with Crippen LogP contribution in [-0.4, -0.2) is 27.8 Å². The van der Waals surface area contributed by atoms with Crippen molar-refractivity contribution >= 4 is 16.9 Å². The zero-order chi connectivity index (χ0) is 14.4. The number of hydrogen-bond donors (Lipinski definition) is 1. The highest BCUT2D eigenvalue weighted by atomic mass is 16.5. The summed E-state index contributed by atoms with van der Waals surface area (Å²) in [6, 6.07) is 3.45. The Bertz CT molecular complexity index is 651. The predicted octanol–water partition coefficient (Wildman–Crippen LogP) is 1.59. The molecule has 2 aromatic heterocycles. The first-order valence-corrected chi connectivity index (χ1v) is 6.70. The number of unbranched alkanes of at least 4 members (excludes halogenated alkanes) is 1. The van der Waals surface area contributed by atoms with Crippen LogP contribution >= 0.6 is 0 Å². The Balaban J connectivity index is 1.99. The van der Waals surface area contributed by atoms with E-state index in [1.54, 1.807) is 25.3 Å². The molecule has 6 nitrogen and oxygen atoms in total. The highest BCUT2D eigenvalue weighted by Crippen LogP contribution is 2.12. The first-order valence-electron chi connectivity index (χ1n) is 6.70. The maximum absolute atomic E-state index is 11.6. The molecule has 2 rings (SSSR count). The lowest BCUT2D eigenvalue weighted by molar-refractivity contribution is -0.143. The molecule has 2 heterocycles. The van der Waals surface area contributed by atoms with Crippen LogP contribution in [0.25, 0.3) is 10.9 Å². The average Bonchev–Trinajstić information content (AvgIpc) is 2.46. The Morgan fingerprint density at radius 3 is 3.05 bits per heavy atom. The Hall–Kier alpha value is -2.24. The van der Waals surface area contributed by atoms with Gasteiger partial charge in [0.25, 0.3) is 5.56 Å². The van der Waals surface area contributed by atoms with Gasteiger partial charge in [-0.2, -0.15) is 5.10 Å². The molecule has 0 spiro atoms. The summed E-state index contributed by atoms with van der Waals surface area (Å²) in [7, 11) is 0. The number of ether oxygens (including phenoxy) is 1. The Kier molecular flexibility index (Phi) is 4.81. The molecule has 2 aromatic rings. The van der Waals surface area contributed by atoms with Crippen LogP contribution in [0.15, 0.2) is 23.1 Å². The number of carbonyl (C=O) groups excluding carboxylic acids is 1. The van der Waals surface area contributed by atoms with Gasteiger partial charge in [-0.15, -0.1) is 0 Å². The number of nitrogens with one attached hydrogen (secondary N) is 1. The molecule has 6 heteroatoms. The highest BCUT2D eigenvalue weighted by Gasteiger charge is 2.08. The lowest BCUT2D eigenvalue weighted by Crippen LogP contribution is -2.12. The van der Waals surface area contributed by atoms with Crippen molar-refractivity contribution in [3.8, 4) is 0 Å². The number of H-pyrrole nitrogens is 1. The lowest BCUT2D eigenvalue weighted by Gasteiger charge is -2.04. The van der Waals surface area contributed by atoms with E-state index in [2.05, 4.69) is 15.2 Å². The Morgan fingerprint density at radius 2 is 2.25 bits per heavy atom. The van der Waals surface area contributed by atoms with E-state index in [1.165, 1.54) is 0 Å². The molecule has 0 bridgehead atoms. The fourth-order valence-corrected chi connectivity index (χ4v) is 2.02. The van der Waals surface area contributed by atoms with Crippen LogP contribution in [0.4, 0.5) is 0 Å². The van der Waals surface area contributed by atoms with Gasteiger partial charge >= 0.3 is 5.97 Å². The van der Waals surface area contributed by atoms with Crippen LogP contribution < -0.4 is 5.56 Å². The second-order valence-corrected chi connectivity index (χ2v) is 4.41. The van der Waals surface area contributed by atoms with Crippen molar-refractivity contribution in [2.75, 3.05) is 6.61 Å². The highest BCUT2D eigenvalue weighted by molar-refractivity contribution is 5.78. The van der Waals surface area contributed by atoms with Gasteiger partial charge in [0.05, 0.1) is 23.2 Å². The molecule has 0 atom stereocenters. The molecule has 0 aromatic carbocycles. The third-order valence-corrected chi connectivity index (χ3v) is 2.97. The first-order chi connectivity index (χ1) is 9.72. The van der Waals surface area contributed by atoms with Crippen molar-refractivity contribution in [3.05, 3.63) is 34.4 Å². The Labute approximate surface area is 116 Å². The van der Waals surface area contributed by atoms with Crippen LogP contribution in [0.5, 0.6) is 0 Å². The molecule has 0 unspecified atom stereocenters. The molecule has 0 saturated heterocycles. The normalized spacial score (nSPS) is 10.7. The summed E-state index contributed by atoms with van der Waals surface area (Å²) >= 11 is 0. The summed E-state index contributed by atoms with van der Waals surface area (Å²) < 4.78 is 4.87. The summed E-state index contributed by atoms with van der Waals surface area (Å²) in [5.41, 5.74) is 1.15. The first kappa shape index (κ1) is 14.2. The monoisotopic (exact) mass is 275 g/mol. The van der Waals surface area contributed by atoms with Crippen LogP contribution in [0.1, 0.15) is 31.9 Å². The van der Waals surface area contributed by atoms with Crippen molar-refractivity contribution < 1.29 is 9.53 Å². The third-order valence-electron chi connectivity index (χ3n) is 2.97. The standard InChI is InChI=1S/C14H17N3O3/c1-2-20-12(18)8-4-3-7-11-13-10(6-5-9-15-13)14(19)17-16-11/h5-6,9H,2-4,7-8H2,1H3,(H,17,19). The number of pyridine rings is 1. The lowest BCUT2D eigenvalue weighted by atomic mass is 10.1. The minimum absolute atomic E-state index is 0.176. The van der Waals surface area contributed by atoms with Crippen LogP contribution in [0.3, 0.4) is 0 Å². The number of aromatic amines is 1. The summed E-state index contributed by atoms with van der Waals surface area (Å²) in [5, 5.41) is 7.06. The quantitative estimate of drug-likeness (QED) is 0.639. The van der Waals surface area contributed by atoms with E-state index in [9.17, 15) is 9.59 Å². The molecule has 0 aliphatic carbocycles. The molecule has 106 valence electrons. The van der Waals surface area contributed by atoms with E-state index in [-0.39, 0.29) is 11.5 Å². The summed E-state index contributed by atoms with van der Waals surface area (Å²) in [4.78, 5) is 27.0. The fourth-order valence-electron chi connectivity index (χ4n) is 2.02.